The van der Waals surface area contributed by atoms with E-state index in [1.54, 1.807) is 24.3 Å². The molecule has 2 N–H and O–H groups in total. The Kier molecular flexibility index (Phi) is 3.12. The van der Waals surface area contributed by atoms with E-state index in [1.165, 1.54) is 0 Å². The zero-order chi connectivity index (χ0) is 12.3. The molecule has 2 aromatic rings. The molecule has 0 aliphatic rings. The van der Waals surface area contributed by atoms with Gasteiger partial charge in [-0.05, 0) is 11.6 Å². The van der Waals surface area contributed by atoms with Crippen LogP contribution in [0.3, 0.4) is 0 Å². The summed E-state index contributed by atoms with van der Waals surface area (Å²) in [6.07, 6.45) is 0. The van der Waals surface area contributed by atoms with Gasteiger partial charge in [0.05, 0.1) is 5.69 Å². The Labute approximate surface area is 99.8 Å². The second-order valence-electron chi connectivity index (χ2n) is 3.49. The summed E-state index contributed by atoms with van der Waals surface area (Å²) in [4.78, 5) is 0. The van der Waals surface area contributed by atoms with E-state index in [0.29, 0.717) is 11.3 Å². The van der Waals surface area contributed by atoms with Crippen LogP contribution in [0, 0.1) is 0 Å². The van der Waals surface area contributed by atoms with Crippen molar-refractivity contribution in [2.75, 3.05) is 4.72 Å². The predicted octanol–water partition coefficient (Wildman–Crippen LogP) is 2.57. The van der Waals surface area contributed by atoms with Crippen LogP contribution in [0.5, 0.6) is 0 Å². The van der Waals surface area contributed by atoms with Crippen LogP contribution in [-0.4, -0.2) is 13.0 Å². The highest BCUT2D eigenvalue weighted by Crippen LogP contribution is 2.27. The second kappa shape index (κ2) is 4.57. The summed E-state index contributed by atoms with van der Waals surface area (Å²) in [6.45, 7) is 0. The molecule has 0 amide bonds. The summed E-state index contributed by atoms with van der Waals surface area (Å²) in [5.74, 6) is 0. The topological polar surface area (TPSA) is 66.4 Å². The van der Waals surface area contributed by atoms with Gasteiger partial charge in [-0.25, -0.2) is 0 Å². The van der Waals surface area contributed by atoms with Gasteiger partial charge in [-0.15, -0.1) is 0 Å². The van der Waals surface area contributed by atoms with Crippen molar-refractivity contribution in [3.8, 4) is 11.1 Å². The fraction of sp³-hybridized carbons (Fsp3) is 0. The quantitative estimate of drug-likeness (QED) is 0.821. The first-order valence-corrected chi connectivity index (χ1v) is 6.40. The molecule has 4 nitrogen and oxygen atoms in total. The van der Waals surface area contributed by atoms with E-state index < -0.39 is 10.3 Å². The van der Waals surface area contributed by atoms with Crippen LogP contribution in [0.1, 0.15) is 0 Å². The van der Waals surface area contributed by atoms with E-state index >= 15 is 0 Å². The molecule has 88 valence electrons. The van der Waals surface area contributed by atoms with Gasteiger partial charge in [0.1, 0.15) is 0 Å². The first-order valence-electron chi connectivity index (χ1n) is 4.96. The normalized spacial score (nSPS) is 11.1. The Morgan fingerprint density at radius 1 is 0.882 bits per heavy atom. The van der Waals surface area contributed by atoms with E-state index in [4.69, 9.17) is 4.55 Å². The van der Waals surface area contributed by atoms with Gasteiger partial charge in [0, 0.05) is 5.56 Å². The van der Waals surface area contributed by atoms with Gasteiger partial charge in [-0.2, -0.15) is 8.42 Å². The van der Waals surface area contributed by atoms with Crippen LogP contribution in [0.15, 0.2) is 54.6 Å². The van der Waals surface area contributed by atoms with Crippen LogP contribution in [0.4, 0.5) is 5.69 Å². The third-order valence-electron chi connectivity index (χ3n) is 2.25. The van der Waals surface area contributed by atoms with Crippen molar-refractivity contribution >= 4 is 16.0 Å². The average molecular weight is 249 g/mol. The zero-order valence-corrected chi connectivity index (χ0v) is 9.68. The molecular weight excluding hydrogens is 238 g/mol. The largest absolute Gasteiger partial charge is 0.357 e. The minimum Gasteiger partial charge on any atom is -0.269 e. The molecule has 17 heavy (non-hydrogen) atoms. The lowest BCUT2D eigenvalue weighted by atomic mass is 10.0. The number of rotatable bonds is 3. The van der Waals surface area contributed by atoms with Crippen molar-refractivity contribution in [2.24, 2.45) is 0 Å². The molecule has 0 bridgehead atoms. The van der Waals surface area contributed by atoms with E-state index in [-0.39, 0.29) is 0 Å². The first-order chi connectivity index (χ1) is 8.06. The Morgan fingerprint density at radius 2 is 1.47 bits per heavy atom. The van der Waals surface area contributed by atoms with E-state index in [1.807, 2.05) is 30.3 Å². The van der Waals surface area contributed by atoms with Gasteiger partial charge in [0.15, 0.2) is 0 Å². The van der Waals surface area contributed by atoms with Crippen molar-refractivity contribution < 1.29 is 13.0 Å². The Balaban J connectivity index is 2.49. The first kappa shape index (κ1) is 11.6. The van der Waals surface area contributed by atoms with Crippen molar-refractivity contribution in [1.29, 1.82) is 0 Å². The minimum atomic E-state index is -4.26. The van der Waals surface area contributed by atoms with Gasteiger partial charge in [0.2, 0.25) is 0 Å². The van der Waals surface area contributed by atoms with Crippen LogP contribution in [-0.2, 0) is 10.3 Å². The van der Waals surface area contributed by atoms with Gasteiger partial charge < -0.3 is 0 Å². The average Bonchev–Trinajstić information content (AvgIpc) is 2.29. The summed E-state index contributed by atoms with van der Waals surface area (Å²) >= 11 is 0. The zero-order valence-electron chi connectivity index (χ0n) is 8.87. The van der Waals surface area contributed by atoms with Crippen molar-refractivity contribution in [3.63, 3.8) is 0 Å². The monoisotopic (exact) mass is 249 g/mol. The van der Waals surface area contributed by atoms with Crippen molar-refractivity contribution in [2.45, 2.75) is 0 Å². The Hall–Kier alpha value is -1.85. The van der Waals surface area contributed by atoms with Crippen LogP contribution in [0.2, 0.25) is 0 Å². The summed E-state index contributed by atoms with van der Waals surface area (Å²) < 4.78 is 32.5. The molecule has 0 unspecified atom stereocenters. The number of hydrogen-bond acceptors (Lipinski definition) is 2. The van der Waals surface area contributed by atoms with E-state index in [0.717, 1.165) is 5.56 Å². The molecule has 2 rings (SSSR count). The third-order valence-corrected chi connectivity index (χ3v) is 2.73. The molecule has 0 fully saturated rings. The molecule has 2 aromatic carbocycles. The van der Waals surface area contributed by atoms with E-state index in [9.17, 15) is 8.42 Å². The molecule has 0 spiro atoms. The summed E-state index contributed by atoms with van der Waals surface area (Å²) in [7, 11) is -4.26. The fourth-order valence-electron chi connectivity index (χ4n) is 1.58. The van der Waals surface area contributed by atoms with Crippen molar-refractivity contribution in [1.82, 2.24) is 0 Å². The molecule has 0 saturated heterocycles. The highest BCUT2D eigenvalue weighted by molar-refractivity contribution is 7.87. The van der Waals surface area contributed by atoms with Crippen LogP contribution in [0.25, 0.3) is 11.1 Å². The van der Waals surface area contributed by atoms with Crippen LogP contribution < -0.4 is 4.72 Å². The fourth-order valence-corrected chi connectivity index (χ4v) is 2.04. The SMILES string of the molecule is O=S(=O)(O)Nc1ccccc1-c1ccccc1. The molecule has 0 heterocycles. The summed E-state index contributed by atoms with van der Waals surface area (Å²) in [6, 6.07) is 16.2. The maximum Gasteiger partial charge on any atom is 0.357 e. The predicted molar refractivity (Wildman–Crippen MR) is 67.0 cm³/mol. The third kappa shape index (κ3) is 3.05. The number of nitrogens with one attached hydrogen (secondary N) is 1. The number of benzene rings is 2. The lowest BCUT2D eigenvalue weighted by Crippen LogP contribution is -2.11. The molecule has 0 radical (unpaired) electrons. The molecule has 0 aliphatic heterocycles. The van der Waals surface area contributed by atoms with Crippen molar-refractivity contribution in [3.05, 3.63) is 54.6 Å². The standard InChI is InChI=1S/C12H11NO3S/c14-17(15,16)13-12-9-5-4-8-11(12)10-6-2-1-3-7-10/h1-9,13H,(H,14,15,16). The number of hydrogen-bond donors (Lipinski definition) is 2. The molecule has 0 saturated carbocycles. The molecule has 0 aromatic heterocycles. The van der Waals surface area contributed by atoms with E-state index in [2.05, 4.69) is 4.72 Å². The summed E-state index contributed by atoms with van der Waals surface area (Å²) in [5, 5.41) is 0. The maximum atomic E-state index is 10.8. The van der Waals surface area contributed by atoms with Crippen LogP contribution >= 0.6 is 0 Å². The Morgan fingerprint density at radius 3 is 2.12 bits per heavy atom. The van der Waals surface area contributed by atoms with Gasteiger partial charge >= 0.3 is 10.3 Å². The Bertz CT molecular complexity index is 609. The lowest BCUT2D eigenvalue weighted by Gasteiger charge is -2.09. The highest BCUT2D eigenvalue weighted by atomic mass is 32.2. The maximum absolute atomic E-state index is 10.8. The van der Waals surface area contributed by atoms with Gasteiger partial charge in [0.25, 0.3) is 0 Å². The number of anilines is 1. The smallest absolute Gasteiger partial charge is 0.269 e. The molecule has 0 aliphatic carbocycles. The minimum absolute atomic E-state index is 0.348. The lowest BCUT2D eigenvalue weighted by molar-refractivity contribution is 0.490. The molecule has 5 heteroatoms. The second-order valence-corrected chi connectivity index (χ2v) is 4.64. The highest BCUT2D eigenvalue weighted by Gasteiger charge is 2.09. The number of para-hydroxylation sites is 1. The van der Waals surface area contributed by atoms with Gasteiger partial charge in [-0.3, -0.25) is 9.27 Å². The molecular formula is C12H11NO3S. The summed E-state index contributed by atoms with van der Waals surface area (Å²) in [5.41, 5.74) is 1.94. The molecule has 0 atom stereocenters. The van der Waals surface area contributed by atoms with Gasteiger partial charge in [-0.1, -0.05) is 48.5 Å².